The van der Waals surface area contributed by atoms with Gasteiger partial charge in [-0.1, -0.05) is 18.2 Å². The number of benzene rings is 1. The second-order valence-corrected chi connectivity index (χ2v) is 4.73. The van der Waals surface area contributed by atoms with Gasteiger partial charge in [-0.2, -0.15) is 0 Å². The molecule has 1 heterocycles. The minimum atomic E-state index is -0.415. The van der Waals surface area contributed by atoms with E-state index in [-0.39, 0.29) is 24.2 Å². The molecule has 1 fully saturated rings. The van der Waals surface area contributed by atoms with E-state index in [1.807, 2.05) is 0 Å². The number of nitro groups is 1. The fraction of sp³-hybridized carbons (Fsp3) is 0.462. The first kappa shape index (κ1) is 13.5. The summed E-state index contributed by atoms with van der Waals surface area (Å²) in [5.74, 6) is -0.00403. The summed E-state index contributed by atoms with van der Waals surface area (Å²) < 4.78 is 0. The molecule has 1 aliphatic heterocycles. The maximum absolute atomic E-state index is 12.1. The molecule has 1 saturated heterocycles. The zero-order valence-electron chi connectivity index (χ0n) is 10.8. The Hall–Kier alpha value is -1.95. The van der Waals surface area contributed by atoms with Gasteiger partial charge in [0, 0.05) is 18.7 Å². The molecule has 19 heavy (non-hydrogen) atoms. The molecule has 1 aliphatic rings. The molecule has 0 spiro atoms. The highest BCUT2D eigenvalue weighted by atomic mass is 16.6. The third kappa shape index (κ3) is 3.08. The predicted molar refractivity (Wildman–Crippen MR) is 70.6 cm³/mol. The molecule has 0 radical (unpaired) electrons. The molecule has 2 rings (SSSR count). The van der Waals surface area contributed by atoms with E-state index < -0.39 is 4.92 Å². The Morgan fingerprint density at radius 3 is 2.89 bits per heavy atom. The van der Waals surface area contributed by atoms with Crippen molar-refractivity contribution in [2.45, 2.75) is 25.4 Å². The molecule has 6 heteroatoms. The second kappa shape index (κ2) is 5.79. The SMILES string of the molecule is CN(Cc1ccccc1[N+](=O)[O-])C(=O)[C@@H]1CCCN1. The molecule has 0 aromatic heterocycles. The second-order valence-electron chi connectivity index (χ2n) is 4.73. The Balaban J connectivity index is 2.08. The Bertz CT molecular complexity index is 484. The average Bonchev–Trinajstić information content (AvgIpc) is 2.92. The van der Waals surface area contributed by atoms with Crippen LogP contribution in [0.25, 0.3) is 0 Å². The third-order valence-corrected chi connectivity index (χ3v) is 3.33. The van der Waals surface area contributed by atoms with Crippen LogP contribution in [-0.2, 0) is 11.3 Å². The number of nitrogens with one attached hydrogen (secondary N) is 1. The molecule has 102 valence electrons. The zero-order chi connectivity index (χ0) is 13.8. The molecule has 1 amide bonds. The highest BCUT2D eigenvalue weighted by Gasteiger charge is 2.26. The minimum Gasteiger partial charge on any atom is -0.340 e. The van der Waals surface area contributed by atoms with Crippen LogP contribution in [0.3, 0.4) is 0 Å². The number of nitrogens with zero attached hydrogens (tertiary/aromatic N) is 2. The van der Waals surface area contributed by atoms with Gasteiger partial charge in [-0.3, -0.25) is 14.9 Å². The Morgan fingerprint density at radius 2 is 2.26 bits per heavy atom. The molecular formula is C13H17N3O3. The lowest BCUT2D eigenvalue weighted by Crippen LogP contribution is -2.41. The largest absolute Gasteiger partial charge is 0.340 e. The summed E-state index contributed by atoms with van der Waals surface area (Å²) in [6, 6.07) is 6.37. The number of hydrogen-bond donors (Lipinski definition) is 1. The van der Waals surface area contributed by atoms with Gasteiger partial charge in [0.1, 0.15) is 0 Å². The maximum atomic E-state index is 12.1. The van der Waals surface area contributed by atoms with E-state index in [1.54, 1.807) is 30.1 Å². The lowest BCUT2D eigenvalue weighted by atomic mass is 10.1. The number of carbonyl (C=O) groups is 1. The number of hydrogen-bond acceptors (Lipinski definition) is 4. The van der Waals surface area contributed by atoms with Gasteiger partial charge >= 0.3 is 0 Å². The topological polar surface area (TPSA) is 75.5 Å². The first-order valence-electron chi connectivity index (χ1n) is 6.30. The fourth-order valence-electron chi connectivity index (χ4n) is 2.32. The van der Waals surface area contributed by atoms with Crippen molar-refractivity contribution in [3.05, 3.63) is 39.9 Å². The average molecular weight is 263 g/mol. The summed E-state index contributed by atoms with van der Waals surface area (Å²) in [4.78, 5) is 24.2. The lowest BCUT2D eigenvalue weighted by Gasteiger charge is -2.21. The normalized spacial score (nSPS) is 18.3. The van der Waals surface area contributed by atoms with Gasteiger partial charge < -0.3 is 10.2 Å². The van der Waals surface area contributed by atoms with E-state index in [0.29, 0.717) is 5.56 Å². The van der Waals surface area contributed by atoms with E-state index in [4.69, 9.17) is 0 Å². The number of amides is 1. The quantitative estimate of drug-likeness (QED) is 0.656. The number of likely N-dealkylation sites (N-methyl/N-ethyl adjacent to an activating group) is 1. The molecular weight excluding hydrogens is 246 g/mol. The third-order valence-electron chi connectivity index (χ3n) is 3.33. The first-order valence-corrected chi connectivity index (χ1v) is 6.30. The van der Waals surface area contributed by atoms with Crippen molar-refractivity contribution in [3.8, 4) is 0 Å². The van der Waals surface area contributed by atoms with Crippen molar-refractivity contribution in [2.24, 2.45) is 0 Å². The van der Waals surface area contributed by atoms with E-state index in [0.717, 1.165) is 19.4 Å². The Morgan fingerprint density at radius 1 is 1.53 bits per heavy atom. The van der Waals surface area contributed by atoms with Gasteiger partial charge in [-0.25, -0.2) is 0 Å². The summed E-state index contributed by atoms with van der Waals surface area (Å²) in [5.41, 5.74) is 0.614. The van der Waals surface area contributed by atoms with Crippen LogP contribution in [0.15, 0.2) is 24.3 Å². The van der Waals surface area contributed by atoms with E-state index in [2.05, 4.69) is 5.32 Å². The summed E-state index contributed by atoms with van der Waals surface area (Å²) in [6.45, 7) is 1.11. The minimum absolute atomic E-state index is 0.00403. The van der Waals surface area contributed by atoms with Crippen LogP contribution in [0.2, 0.25) is 0 Å². The Labute approximate surface area is 111 Å². The molecule has 0 unspecified atom stereocenters. The first-order chi connectivity index (χ1) is 9.09. The van der Waals surface area contributed by atoms with Gasteiger partial charge in [-0.15, -0.1) is 0 Å². The van der Waals surface area contributed by atoms with Crippen molar-refractivity contribution in [1.82, 2.24) is 10.2 Å². The number of carbonyl (C=O) groups excluding carboxylic acids is 1. The molecule has 0 bridgehead atoms. The van der Waals surface area contributed by atoms with Crippen molar-refractivity contribution >= 4 is 11.6 Å². The monoisotopic (exact) mass is 263 g/mol. The molecule has 1 N–H and O–H groups in total. The number of para-hydroxylation sites is 1. The van der Waals surface area contributed by atoms with E-state index in [9.17, 15) is 14.9 Å². The van der Waals surface area contributed by atoms with E-state index >= 15 is 0 Å². The predicted octanol–water partition coefficient (Wildman–Crippen LogP) is 1.31. The molecule has 6 nitrogen and oxygen atoms in total. The van der Waals surface area contributed by atoms with Crippen LogP contribution in [0.4, 0.5) is 5.69 Å². The Kier molecular flexibility index (Phi) is 4.11. The van der Waals surface area contributed by atoms with Crippen molar-refractivity contribution < 1.29 is 9.72 Å². The highest BCUT2D eigenvalue weighted by Crippen LogP contribution is 2.19. The molecule has 0 saturated carbocycles. The van der Waals surface area contributed by atoms with Crippen molar-refractivity contribution in [1.29, 1.82) is 0 Å². The molecule has 1 aromatic carbocycles. The van der Waals surface area contributed by atoms with Crippen LogP contribution < -0.4 is 5.32 Å². The zero-order valence-corrected chi connectivity index (χ0v) is 10.8. The molecule has 1 atom stereocenters. The fourth-order valence-corrected chi connectivity index (χ4v) is 2.32. The summed E-state index contributed by atoms with van der Waals surface area (Å²) in [6.07, 6.45) is 1.83. The van der Waals surface area contributed by atoms with Crippen LogP contribution in [-0.4, -0.2) is 35.4 Å². The maximum Gasteiger partial charge on any atom is 0.274 e. The smallest absolute Gasteiger partial charge is 0.274 e. The lowest BCUT2D eigenvalue weighted by molar-refractivity contribution is -0.385. The van der Waals surface area contributed by atoms with E-state index in [1.165, 1.54) is 6.07 Å². The van der Waals surface area contributed by atoms with Crippen molar-refractivity contribution in [3.63, 3.8) is 0 Å². The summed E-state index contributed by atoms with van der Waals surface area (Å²) in [5, 5.41) is 14.1. The standard InChI is InChI=1S/C13H17N3O3/c1-15(13(17)11-6-4-8-14-11)9-10-5-2-3-7-12(10)16(18)19/h2-3,5,7,11,14H,4,6,8-9H2,1H3/t11-/m0/s1. The summed E-state index contributed by atoms with van der Waals surface area (Å²) in [7, 11) is 1.68. The van der Waals surface area contributed by atoms with Gasteiger partial charge in [-0.05, 0) is 19.4 Å². The highest BCUT2D eigenvalue weighted by molar-refractivity contribution is 5.82. The molecule has 1 aromatic rings. The van der Waals surface area contributed by atoms with Crippen LogP contribution in [0, 0.1) is 10.1 Å². The summed E-state index contributed by atoms with van der Waals surface area (Å²) >= 11 is 0. The van der Waals surface area contributed by atoms with Crippen LogP contribution >= 0.6 is 0 Å². The van der Waals surface area contributed by atoms with Gasteiger partial charge in [0.2, 0.25) is 5.91 Å². The van der Waals surface area contributed by atoms with Gasteiger partial charge in [0.15, 0.2) is 0 Å². The number of rotatable bonds is 4. The van der Waals surface area contributed by atoms with Crippen LogP contribution in [0.5, 0.6) is 0 Å². The van der Waals surface area contributed by atoms with Gasteiger partial charge in [0.25, 0.3) is 5.69 Å². The van der Waals surface area contributed by atoms with Crippen LogP contribution in [0.1, 0.15) is 18.4 Å². The molecule has 0 aliphatic carbocycles. The van der Waals surface area contributed by atoms with Crippen molar-refractivity contribution in [2.75, 3.05) is 13.6 Å². The number of nitro benzene ring substituents is 1. The van der Waals surface area contributed by atoms with Gasteiger partial charge in [0.05, 0.1) is 17.5 Å².